The predicted octanol–water partition coefficient (Wildman–Crippen LogP) is 2.77. The Bertz CT molecular complexity index is 930. The fourth-order valence-corrected chi connectivity index (χ4v) is 2.43. The molecule has 2 N–H and O–H groups in total. The van der Waals surface area contributed by atoms with Gasteiger partial charge in [0.05, 0.1) is 17.6 Å². The number of nitro benzene ring substituents is 1. The summed E-state index contributed by atoms with van der Waals surface area (Å²) in [4.78, 5) is 25.5. The Morgan fingerprint density at radius 3 is 2.79 bits per heavy atom. The minimum atomic E-state index is -0.502. The van der Waals surface area contributed by atoms with E-state index in [1.807, 2.05) is 24.3 Å². The Labute approximate surface area is 137 Å². The zero-order valence-corrected chi connectivity index (χ0v) is 12.6. The lowest BCUT2D eigenvalue weighted by molar-refractivity contribution is -0.385. The first-order valence-corrected chi connectivity index (χ1v) is 7.25. The first-order valence-electron chi connectivity index (χ1n) is 7.25. The molecule has 0 unspecified atom stereocenters. The van der Waals surface area contributed by atoms with Crippen molar-refractivity contribution in [1.29, 1.82) is 0 Å². The van der Waals surface area contributed by atoms with Crippen LogP contribution in [-0.2, 0) is 11.2 Å². The number of carbonyl (C=O) groups is 1. The van der Waals surface area contributed by atoms with Crippen LogP contribution in [0.25, 0.3) is 10.9 Å². The summed E-state index contributed by atoms with van der Waals surface area (Å²) in [6.07, 6.45) is 3.22. The Morgan fingerprint density at radius 1 is 1.21 bits per heavy atom. The van der Waals surface area contributed by atoms with Gasteiger partial charge in [-0.3, -0.25) is 14.9 Å². The number of hydrogen-bond acceptors (Lipinski definition) is 4. The van der Waals surface area contributed by atoms with E-state index in [4.69, 9.17) is 0 Å². The van der Waals surface area contributed by atoms with E-state index in [-0.39, 0.29) is 12.1 Å². The van der Waals surface area contributed by atoms with Crippen molar-refractivity contribution in [2.24, 2.45) is 5.10 Å². The molecule has 0 fully saturated rings. The van der Waals surface area contributed by atoms with E-state index in [9.17, 15) is 14.9 Å². The van der Waals surface area contributed by atoms with Gasteiger partial charge in [-0.15, -0.1) is 0 Å². The topological polar surface area (TPSA) is 100 Å². The molecule has 24 heavy (non-hydrogen) atoms. The second kappa shape index (κ2) is 6.74. The molecule has 0 saturated heterocycles. The quantitative estimate of drug-likeness (QED) is 0.429. The number of H-pyrrole nitrogens is 1. The van der Waals surface area contributed by atoms with E-state index in [2.05, 4.69) is 15.5 Å². The number of para-hydroxylation sites is 2. The number of nitrogens with one attached hydrogen (secondary N) is 2. The molecule has 120 valence electrons. The summed E-state index contributed by atoms with van der Waals surface area (Å²) in [5.41, 5.74) is 4.49. The molecule has 1 aromatic heterocycles. The number of aromatic amines is 1. The van der Waals surface area contributed by atoms with Crippen LogP contribution in [0, 0.1) is 10.1 Å². The second-order valence-corrected chi connectivity index (χ2v) is 5.15. The lowest BCUT2D eigenvalue weighted by Crippen LogP contribution is -2.20. The smallest absolute Gasteiger partial charge is 0.273 e. The molecular formula is C17H14N4O3. The lowest BCUT2D eigenvalue weighted by Gasteiger charge is -2.01. The third kappa shape index (κ3) is 3.30. The van der Waals surface area contributed by atoms with Crippen LogP contribution in [0.1, 0.15) is 11.1 Å². The highest BCUT2D eigenvalue weighted by atomic mass is 16.6. The first kappa shape index (κ1) is 15.4. The fraction of sp³-hybridized carbons (Fsp3) is 0.0588. The average molecular weight is 322 g/mol. The second-order valence-electron chi connectivity index (χ2n) is 5.15. The number of benzene rings is 2. The monoisotopic (exact) mass is 322 g/mol. The number of amides is 1. The Morgan fingerprint density at radius 2 is 1.96 bits per heavy atom. The standard InChI is InChI=1S/C17H14N4O3/c22-17(9-12-5-1-4-8-16(12)21(23)24)20-19-11-13-10-18-15-7-3-2-6-14(13)15/h1-8,10-11,18H,9H2,(H,20,22). The molecule has 0 aliphatic heterocycles. The van der Waals surface area contributed by atoms with Gasteiger partial charge in [0.15, 0.2) is 0 Å². The number of carbonyl (C=O) groups excluding carboxylic acids is 1. The maximum Gasteiger partial charge on any atom is 0.273 e. The Balaban J connectivity index is 1.67. The number of hydrogen-bond donors (Lipinski definition) is 2. The molecule has 0 spiro atoms. The van der Waals surface area contributed by atoms with Crippen LogP contribution in [0.4, 0.5) is 5.69 Å². The van der Waals surface area contributed by atoms with Crippen molar-refractivity contribution in [3.05, 3.63) is 76.0 Å². The van der Waals surface area contributed by atoms with Crippen molar-refractivity contribution in [2.75, 3.05) is 0 Å². The van der Waals surface area contributed by atoms with E-state index in [1.165, 1.54) is 12.3 Å². The van der Waals surface area contributed by atoms with E-state index in [0.29, 0.717) is 5.56 Å². The molecular weight excluding hydrogens is 308 g/mol. The molecule has 0 radical (unpaired) electrons. The van der Waals surface area contributed by atoms with E-state index >= 15 is 0 Å². The normalized spacial score (nSPS) is 11.0. The molecule has 0 bridgehead atoms. The van der Waals surface area contributed by atoms with Gasteiger partial charge in [-0.1, -0.05) is 36.4 Å². The van der Waals surface area contributed by atoms with Crippen LogP contribution in [0.15, 0.2) is 59.8 Å². The molecule has 2 aromatic carbocycles. The number of nitrogens with zero attached hydrogens (tertiary/aromatic N) is 2. The SMILES string of the molecule is O=C(Cc1ccccc1[N+](=O)[O-])NN=Cc1c[nH]c2ccccc12. The summed E-state index contributed by atoms with van der Waals surface area (Å²) >= 11 is 0. The summed E-state index contributed by atoms with van der Waals surface area (Å²) in [6, 6.07) is 13.9. The zero-order chi connectivity index (χ0) is 16.9. The predicted molar refractivity (Wildman–Crippen MR) is 90.8 cm³/mol. The van der Waals surface area contributed by atoms with Crippen molar-refractivity contribution in [2.45, 2.75) is 6.42 Å². The third-order valence-corrected chi connectivity index (χ3v) is 3.55. The van der Waals surface area contributed by atoms with Gasteiger partial charge >= 0.3 is 0 Å². The van der Waals surface area contributed by atoms with Gasteiger partial charge in [0.25, 0.3) is 5.69 Å². The molecule has 0 aliphatic carbocycles. The van der Waals surface area contributed by atoms with Crippen molar-refractivity contribution in [3.8, 4) is 0 Å². The fourth-order valence-electron chi connectivity index (χ4n) is 2.43. The molecule has 7 heteroatoms. The van der Waals surface area contributed by atoms with Gasteiger partial charge in [-0.25, -0.2) is 5.43 Å². The average Bonchev–Trinajstić information content (AvgIpc) is 2.98. The highest BCUT2D eigenvalue weighted by Crippen LogP contribution is 2.18. The number of fused-ring (bicyclic) bond motifs is 1. The van der Waals surface area contributed by atoms with E-state index < -0.39 is 10.8 Å². The van der Waals surface area contributed by atoms with E-state index in [0.717, 1.165) is 16.5 Å². The number of hydrazone groups is 1. The van der Waals surface area contributed by atoms with Crippen molar-refractivity contribution in [3.63, 3.8) is 0 Å². The van der Waals surface area contributed by atoms with E-state index in [1.54, 1.807) is 24.4 Å². The van der Waals surface area contributed by atoms with Gasteiger partial charge in [0, 0.05) is 34.3 Å². The molecule has 0 aliphatic rings. The molecule has 3 rings (SSSR count). The highest BCUT2D eigenvalue weighted by Gasteiger charge is 2.15. The third-order valence-electron chi connectivity index (χ3n) is 3.55. The Hall–Kier alpha value is -3.48. The van der Waals surface area contributed by atoms with Crippen LogP contribution >= 0.6 is 0 Å². The summed E-state index contributed by atoms with van der Waals surface area (Å²) in [6.45, 7) is 0. The van der Waals surface area contributed by atoms with Crippen LogP contribution in [0.5, 0.6) is 0 Å². The maximum atomic E-state index is 11.9. The first-order chi connectivity index (χ1) is 11.6. The molecule has 0 atom stereocenters. The minimum absolute atomic E-state index is 0.0757. The zero-order valence-electron chi connectivity index (χ0n) is 12.6. The van der Waals surface area contributed by atoms with Crippen molar-refractivity contribution >= 4 is 28.7 Å². The number of rotatable bonds is 5. The van der Waals surface area contributed by atoms with Gasteiger partial charge in [-0.05, 0) is 6.07 Å². The van der Waals surface area contributed by atoms with Gasteiger partial charge in [-0.2, -0.15) is 5.10 Å². The lowest BCUT2D eigenvalue weighted by atomic mass is 10.1. The molecule has 1 amide bonds. The molecule has 1 heterocycles. The summed E-state index contributed by atoms with van der Waals surface area (Å²) in [7, 11) is 0. The van der Waals surface area contributed by atoms with Crippen molar-refractivity contribution in [1.82, 2.24) is 10.4 Å². The largest absolute Gasteiger partial charge is 0.361 e. The molecule has 7 nitrogen and oxygen atoms in total. The summed E-state index contributed by atoms with van der Waals surface area (Å²) < 4.78 is 0. The van der Waals surface area contributed by atoms with Crippen LogP contribution in [-0.4, -0.2) is 22.0 Å². The summed E-state index contributed by atoms with van der Waals surface area (Å²) in [5, 5.41) is 15.9. The number of nitro groups is 1. The molecule has 0 saturated carbocycles. The number of aromatic nitrogens is 1. The van der Waals surface area contributed by atoms with Crippen molar-refractivity contribution < 1.29 is 9.72 Å². The molecule has 3 aromatic rings. The van der Waals surface area contributed by atoms with Crippen LogP contribution < -0.4 is 5.43 Å². The maximum absolute atomic E-state index is 11.9. The highest BCUT2D eigenvalue weighted by molar-refractivity contribution is 5.99. The Kier molecular flexibility index (Phi) is 4.33. The van der Waals surface area contributed by atoms with Gasteiger partial charge < -0.3 is 4.98 Å². The van der Waals surface area contributed by atoms with Crippen LogP contribution in [0.2, 0.25) is 0 Å². The van der Waals surface area contributed by atoms with Crippen LogP contribution in [0.3, 0.4) is 0 Å². The van der Waals surface area contributed by atoms with Gasteiger partial charge in [0.1, 0.15) is 0 Å². The van der Waals surface area contributed by atoms with Gasteiger partial charge in [0.2, 0.25) is 5.91 Å². The summed E-state index contributed by atoms with van der Waals surface area (Å²) in [5.74, 6) is -0.416. The minimum Gasteiger partial charge on any atom is -0.361 e.